The van der Waals surface area contributed by atoms with Crippen LogP contribution in [0.4, 0.5) is 4.79 Å². The van der Waals surface area contributed by atoms with Crippen molar-refractivity contribution in [3.05, 3.63) is 72.6 Å². The van der Waals surface area contributed by atoms with Gasteiger partial charge in [0, 0.05) is 12.6 Å². The lowest BCUT2D eigenvalue weighted by atomic mass is 10.0. The van der Waals surface area contributed by atoms with Gasteiger partial charge in [-0.25, -0.2) is 14.8 Å². The topological polar surface area (TPSA) is 165 Å². The summed E-state index contributed by atoms with van der Waals surface area (Å²) in [5.41, 5.74) is 5.83. The number of nitrogens with zero attached hydrogens (tertiary/aromatic N) is 4. The molecular formula is C34H38N8O5. The fraction of sp³-hybridized carbons (Fsp3) is 0.353. The molecule has 6 rings (SSSR count). The molecule has 4 heterocycles. The van der Waals surface area contributed by atoms with Gasteiger partial charge in [-0.15, -0.1) is 0 Å². The summed E-state index contributed by atoms with van der Waals surface area (Å²) in [6, 6.07) is 16.1. The van der Waals surface area contributed by atoms with Crippen LogP contribution in [0.2, 0.25) is 0 Å². The summed E-state index contributed by atoms with van der Waals surface area (Å²) in [5.74, 6) is 1.17. The fourth-order valence-corrected chi connectivity index (χ4v) is 6.55. The van der Waals surface area contributed by atoms with Gasteiger partial charge < -0.3 is 35.1 Å². The van der Waals surface area contributed by atoms with Crippen LogP contribution in [0.25, 0.3) is 33.6 Å². The number of carbonyl (C=O) groups is 4. The highest BCUT2D eigenvalue weighted by atomic mass is 16.5. The maximum absolute atomic E-state index is 12.9. The highest BCUT2D eigenvalue weighted by Crippen LogP contribution is 2.36. The second-order valence-electron chi connectivity index (χ2n) is 11.9. The van der Waals surface area contributed by atoms with Gasteiger partial charge in [-0.1, -0.05) is 48.5 Å². The third kappa shape index (κ3) is 6.74. The molecule has 2 aliphatic rings. The molecule has 0 saturated carbocycles. The smallest absolute Gasteiger partial charge is 0.407 e. The lowest BCUT2D eigenvalue weighted by molar-refractivity contribution is -0.133. The van der Waals surface area contributed by atoms with Crippen molar-refractivity contribution in [3.8, 4) is 33.6 Å². The molecule has 4 amide bonds. The number of alkyl carbamates (subject to hydrolysis) is 1. The summed E-state index contributed by atoms with van der Waals surface area (Å²) >= 11 is 0. The zero-order valence-electron chi connectivity index (χ0n) is 26.4. The number of imidazole rings is 2. The Labute approximate surface area is 272 Å². The zero-order valence-corrected chi connectivity index (χ0v) is 26.4. The Morgan fingerprint density at radius 2 is 1.40 bits per heavy atom. The minimum atomic E-state index is -0.637. The third-order valence-electron chi connectivity index (χ3n) is 8.98. The minimum absolute atomic E-state index is 0.0153. The molecule has 4 N–H and O–H groups in total. The molecule has 0 bridgehead atoms. The van der Waals surface area contributed by atoms with Gasteiger partial charge >= 0.3 is 6.09 Å². The summed E-state index contributed by atoms with van der Waals surface area (Å²) in [6.45, 7) is 2.50. The molecule has 2 aliphatic heterocycles. The van der Waals surface area contributed by atoms with Crippen LogP contribution in [0.5, 0.6) is 0 Å². The van der Waals surface area contributed by atoms with Gasteiger partial charge in [-0.05, 0) is 54.9 Å². The number of nitrogens with one attached hydrogen (secondary N) is 4. The van der Waals surface area contributed by atoms with Crippen molar-refractivity contribution in [3.63, 3.8) is 0 Å². The predicted molar refractivity (Wildman–Crippen MR) is 173 cm³/mol. The number of methoxy groups -OCH3 is 1. The molecule has 4 aromatic rings. The van der Waals surface area contributed by atoms with Crippen LogP contribution < -0.4 is 10.6 Å². The maximum atomic E-state index is 12.9. The predicted octanol–water partition coefficient (Wildman–Crippen LogP) is 3.95. The number of carbonyl (C=O) groups excluding carboxylic acids is 4. The number of hydrogen-bond donors (Lipinski definition) is 4. The van der Waals surface area contributed by atoms with Crippen molar-refractivity contribution in [2.75, 3.05) is 26.7 Å². The van der Waals surface area contributed by atoms with Crippen molar-refractivity contribution in [1.82, 2.24) is 40.4 Å². The molecular weight excluding hydrogens is 600 g/mol. The Morgan fingerprint density at radius 1 is 0.830 bits per heavy atom. The Morgan fingerprint density at radius 3 is 1.98 bits per heavy atom. The third-order valence-corrected chi connectivity index (χ3v) is 8.98. The van der Waals surface area contributed by atoms with Gasteiger partial charge in [0.15, 0.2) is 0 Å². The van der Waals surface area contributed by atoms with Crippen LogP contribution in [0.3, 0.4) is 0 Å². The SMILES string of the molecule is COC(=O)NCC(=O)N1C(c2ncc(-c3ccc(-c4ccc(-c5cnc(C6CCCN6C(=O)CNC=O)[nH]5)cc4)cc3)[nH]2)CC[C@H]1C. The molecule has 0 aliphatic carbocycles. The minimum Gasteiger partial charge on any atom is -0.453 e. The van der Waals surface area contributed by atoms with E-state index < -0.39 is 6.09 Å². The first-order valence-corrected chi connectivity index (χ1v) is 15.8. The van der Waals surface area contributed by atoms with E-state index in [0.717, 1.165) is 71.0 Å². The largest absolute Gasteiger partial charge is 0.453 e. The van der Waals surface area contributed by atoms with E-state index in [1.54, 1.807) is 22.2 Å². The molecule has 2 aromatic carbocycles. The van der Waals surface area contributed by atoms with Crippen molar-refractivity contribution < 1.29 is 23.9 Å². The molecule has 0 radical (unpaired) electrons. The monoisotopic (exact) mass is 638 g/mol. The number of aromatic amines is 2. The standard InChI is InChI=1S/C34H38N8O5/c1-21-5-14-29(42(21)31(45)19-38-34(46)47-2)33-37-17-27(40-33)25-12-8-23(9-13-25)22-6-10-24(11-7-22)26-16-36-32(39-26)28-4-3-15-41(28)30(44)18-35-20-43/h6-13,16-17,20-21,28-29H,3-5,14-15,18-19H2,1-2H3,(H,35,43)(H,36,39)(H,37,40)(H,38,46)/t21-,28?,29?/m1/s1. The number of likely N-dealkylation sites (tertiary alicyclic amines) is 2. The molecule has 13 heteroatoms. The molecule has 0 spiro atoms. The van der Waals surface area contributed by atoms with Gasteiger partial charge in [0.1, 0.15) is 18.2 Å². The summed E-state index contributed by atoms with van der Waals surface area (Å²) in [7, 11) is 1.27. The molecule has 3 atom stereocenters. The lowest BCUT2D eigenvalue weighted by Crippen LogP contribution is -2.43. The molecule has 2 saturated heterocycles. The van der Waals surface area contributed by atoms with Crippen LogP contribution in [-0.4, -0.2) is 86.8 Å². The van der Waals surface area contributed by atoms with Crippen LogP contribution in [0.15, 0.2) is 60.9 Å². The maximum Gasteiger partial charge on any atom is 0.407 e. The second-order valence-corrected chi connectivity index (χ2v) is 11.9. The first-order valence-electron chi connectivity index (χ1n) is 15.8. The average Bonchev–Trinajstić information content (AvgIpc) is 3.92. The molecule has 2 unspecified atom stereocenters. The van der Waals surface area contributed by atoms with Gasteiger partial charge in [0.25, 0.3) is 0 Å². The fourth-order valence-electron chi connectivity index (χ4n) is 6.55. The van der Waals surface area contributed by atoms with Crippen LogP contribution >= 0.6 is 0 Å². The first-order chi connectivity index (χ1) is 22.9. The van der Waals surface area contributed by atoms with Gasteiger partial charge in [0.2, 0.25) is 18.2 Å². The van der Waals surface area contributed by atoms with Crippen molar-refractivity contribution in [2.45, 2.75) is 50.7 Å². The molecule has 2 fully saturated rings. The van der Waals surface area contributed by atoms with Crippen LogP contribution in [0.1, 0.15) is 56.3 Å². The van der Waals surface area contributed by atoms with Gasteiger partial charge in [-0.3, -0.25) is 14.4 Å². The number of hydrogen-bond acceptors (Lipinski definition) is 7. The normalized spacial score (nSPS) is 19.1. The van der Waals surface area contributed by atoms with Crippen molar-refractivity contribution >= 4 is 24.3 Å². The number of aromatic nitrogens is 4. The Bertz CT molecular complexity index is 1730. The van der Waals surface area contributed by atoms with E-state index >= 15 is 0 Å². The Balaban J connectivity index is 1.10. The zero-order chi connectivity index (χ0) is 32.9. The number of ether oxygens (including phenoxy) is 1. The van der Waals surface area contributed by atoms with E-state index in [1.165, 1.54) is 7.11 Å². The second kappa shape index (κ2) is 13.9. The van der Waals surface area contributed by atoms with Crippen molar-refractivity contribution in [1.29, 1.82) is 0 Å². The summed E-state index contributed by atoms with van der Waals surface area (Å²) < 4.78 is 4.59. The molecule has 2 aromatic heterocycles. The summed E-state index contributed by atoms with van der Waals surface area (Å²) in [6.07, 6.45) is 6.83. The van der Waals surface area contributed by atoms with Crippen molar-refractivity contribution in [2.24, 2.45) is 0 Å². The summed E-state index contributed by atoms with van der Waals surface area (Å²) in [4.78, 5) is 67.1. The highest BCUT2D eigenvalue weighted by molar-refractivity contribution is 5.83. The number of rotatable bonds is 10. The summed E-state index contributed by atoms with van der Waals surface area (Å²) in [5, 5.41) is 4.93. The van der Waals surface area contributed by atoms with E-state index in [9.17, 15) is 19.2 Å². The Hall–Kier alpha value is -5.46. The Kier molecular flexibility index (Phi) is 9.32. The number of benzene rings is 2. The lowest BCUT2D eigenvalue weighted by Gasteiger charge is -2.27. The number of H-pyrrole nitrogens is 2. The average molecular weight is 639 g/mol. The van der Waals surface area contributed by atoms with Gasteiger partial charge in [0.05, 0.1) is 49.5 Å². The van der Waals surface area contributed by atoms with E-state index in [0.29, 0.717) is 13.0 Å². The van der Waals surface area contributed by atoms with E-state index in [4.69, 9.17) is 0 Å². The molecule has 47 heavy (non-hydrogen) atoms. The quantitative estimate of drug-likeness (QED) is 0.191. The van der Waals surface area contributed by atoms with Crippen LogP contribution in [0, 0.1) is 0 Å². The van der Waals surface area contributed by atoms with Gasteiger partial charge in [-0.2, -0.15) is 0 Å². The first kappa shape index (κ1) is 31.5. The van der Waals surface area contributed by atoms with Crippen LogP contribution in [-0.2, 0) is 19.1 Å². The van der Waals surface area contributed by atoms with E-state index in [-0.39, 0.29) is 43.0 Å². The molecule has 13 nitrogen and oxygen atoms in total. The van der Waals surface area contributed by atoms with E-state index in [2.05, 4.69) is 59.6 Å². The number of amides is 4. The highest BCUT2D eigenvalue weighted by Gasteiger charge is 2.37. The molecule has 244 valence electrons. The van der Waals surface area contributed by atoms with E-state index in [1.807, 2.05) is 31.2 Å².